The van der Waals surface area contributed by atoms with Crippen LogP contribution < -0.4 is 0 Å². The van der Waals surface area contributed by atoms with E-state index in [0.717, 1.165) is 0 Å². The number of hydrogen-bond donors (Lipinski definition) is 0. The van der Waals surface area contributed by atoms with E-state index in [4.69, 9.17) is 0 Å². The molecule has 4 aliphatic carbocycles. The predicted molar refractivity (Wildman–Crippen MR) is 177 cm³/mol. The number of rotatable bonds is 4. The summed E-state index contributed by atoms with van der Waals surface area (Å²) in [4.78, 5) is 0. The maximum atomic E-state index is 2.47. The number of benzene rings is 4. The van der Waals surface area contributed by atoms with Crippen molar-refractivity contribution in [1.82, 2.24) is 0 Å². The molecule has 0 saturated carbocycles. The molecular formula is C42H34Zr. The minimum atomic E-state index is -1.26. The van der Waals surface area contributed by atoms with E-state index in [1.807, 2.05) is 0 Å². The van der Waals surface area contributed by atoms with Crippen LogP contribution in [0.3, 0.4) is 0 Å². The third-order valence-corrected chi connectivity index (χ3v) is 13.6. The quantitative estimate of drug-likeness (QED) is 0.211. The summed E-state index contributed by atoms with van der Waals surface area (Å²) >= 11 is -1.26. The van der Waals surface area contributed by atoms with Gasteiger partial charge in [-0.2, -0.15) is 0 Å². The van der Waals surface area contributed by atoms with Gasteiger partial charge in [-0.15, -0.1) is 0 Å². The van der Waals surface area contributed by atoms with Crippen LogP contribution in [0.15, 0.2) is 161 Å². The Morgan fingerprint density at radius 1 is 0.419 bits per heavy atom. The third kappa shape index (κ3) is 4.12. The Balaban J connectivity index is 1.34. The van der Waals surface area contributed by atoms with Crippen LogP contribution in [0.2, 0.25) is 0 Å². The first kappa shape index (κ1) is 26.8. The first-order valence-electron chi connectivity index (χ1n) is 15.4. The molecule has 0 fully saturated rings. The van der Waals surface area contributed by atoms with Crippen molar-refractivity contribution in [3.63, 3.8) is 0 Å². The predicted octanol–water partition coefficient (Wildman–Crippen LogP) is 11.0. The molecule has 0 nitrogen and oxygen atoms in total. The Bertz CT molecular complexity index is 1790. The summed E-state index contributed by atoms with van der Waals surface area (Å²) in [7, 11) is 0. The molecule has 4 aliphatic rings. The van der Waals surface area contributed by atoms with E-state index in [1.54, 1.807) is 6.56 Å². The van der Waals surface area contributed by atoms with Gasteiger partial charge in [-0.25, -0.2) is 0 Å². The number of fused-ring (bicyclic) bond motifs is 6. The SMILES string of the molecule is CC(C)=C1C=CC(C2c3ccccc3-c3ccccc32)=[C]1[Zr][C]1=C(C2c3ccccc3-c3ccccc32)C=CC1=C(C)C. The summed E-state index contributed by atoms with van der Waals surface area (Å²) < 4.78 is 3.30. The molecule has 0 aliphatic heterocycles. The van der Waals surface area contributed by atoms with Gasteiger partial charge in [0, 0.05) is 0 Å². The van der Waals surface area contributed by atoms with Crippen molar-refractivity contribution in [2.75, 3.05) is 0 Å². The van der Waals surface area contributed by atoms with Crippen molar-refractivity contribution in [1.29, 1.82) is 0 Å². The molecule has 0 heterocycles. The van der Waals surface area contributed by atoms with Gasteiger partial charge in [0.25, 0.3) is 0 Å². The van der Waals surface area contributed by atoms with E-state index in [1.165, 1.54) is 77.9 Å². The van der Waals surface area contributed by atoms with Crippen molar-refractivity contribution in [2.24, 2.45) is 0 Å². The summed E-state index contributed by atoms with van der Waals surface area (Å²) in [5, 5.41) is 0. The fraction of sp³-hybridized carbons (Fsp3) is 0.143. The standard InChI is InChI=1S/2C21H17.Zr/c2*1-14(2)15-11-12-16(13-15)21-19-9-5-3-7-17(19)18-8-4-6-10-20(18)21;/h2*3-12,21H,1-2H3;. The molecule has 43 heavy (non-hydrogen) atoms. The second-order valence-corrected chi connectivity index (χ2v) is 15.6. The van der Waals surface area contributed by atoms with Gasteiger partial charge in [-0.3, -0.25) is 0 Å². The molecule has 0 amide bonds. The molecular weight excluding hydrogens is 596 g/mol. The zero-order chi connectivity index (χ0) is 29.2. The zero-order valence-corrected chi connectivity index (χ0v) is 27.7. The van der Waals surface area contributed by atoms with E-state index in [0.29, 0.717) is 0 Å². The molecule has 8 rings (SSSR count). The molecule has 0 radical (unpaired) electrons. The van der Waals surface area contributed by atoms with Gasteiger partial charge >= 0.3 is 269 Å². The minimum absolute atomic E-state index is 0.290. The van der Waals surface area contributed by atoms with Crippen LogP contribution in [-0.2, 0) is 23.2 Å². The summed E-state index contributed by atoms with van der Waals surface area (Å²) in [6.45, 7) is 9.19. The van der Waals surface area contributed by atoms with Gasteiger partial charge in [0.1, 0.15) is 0 Å². The monoisotopic (exact) mass is 628 g/mol. The fourth-order valence-electron chi connectivity index (χ4n) is 7.69. The molecule has 1 heteroatoms. The average Bonchev–Trinajstić information content (AvgIpc) is 3.78. The van der Waals surface area contributed by atoms with Crippen LogP contribution in [0.1, 0.15) is 61.8 Å². The Labute approximate surface area is 267 Å². The molecule has 4 aromatic rings. The normalized spacial score (nSPS) is 16.7. The van der Waals surface area contributed by atoms with Gasteiger partial charge in [0.05, 0.1) is 0 Å². The Morgan fingerprint density at radius 3 is 1.02 bits per heavy atom. The van der Waals surface area contributed by atoms with Crippen LogP contribution in [0, 0.1) is 0 Å². The van der Waals surface area contributed by atoms with E-state index in [9.17, 15) is 0 Å². The van der Waals surface area contributed by atoms with Gasteiger partial charge in [0.2, 0.25) is 0 Å². The molecule has 0 bridgehead atoms. The average molecular weight is 630 g/mol. The molecule has 0 atom stereocenters. The molecule has 4 aromatic carbocycles. The second kappa shape index (κ2) is 10.4. The van der Waals surface area contributed by atoms with Crippen molar-refractivity contribution in [3.05, 3.63) is 184 Å². The molecule has 0 saturated heterocycles. The van der Waals surface area contributed by atoms with Crippen molar-refractivity contribution in [2.45, 2.75) is 39.5 Å². The fourth-order valence-corrected chi connectivity index (χ4v) is 12.4. The summed E-state index contributed by atoms with van der Waals surface area (Å²) in [6.07, 6.45) is 9.78. The Hall–Kier alpha value is -3.80. The van der Waals surface area contributed by atoms with Crippen molar-refractivity contribution >= 4 is 0 Å². The Morgan fingerprint density at radius 2 is 0.721 bits per heavy atom. The first-order valence-corrected chi connectivity index (χ1v) is 17.8. The molecule has 0 aromatic heterocycles. The van der Waals surface area contributed by atoms with Crippen LogP contribution >= 0.6 is 0 Å². The second-order valence-electron chi connectivity index (χ2n) is 12.5. The molecule has 206 valence electrons. The first-order chi connectivity index (χ1) is 21.0. The van der Waals surface area contributed by atoms with E-state index >= 15 is 0 Å². The zero-order valence-electron chi connectivity index (χ0n) is 25.2. The van der Waals surface area contributed by atoms with Crippen molar-refractivity contribution < 1.29 is 23.2 Å². The van der Waals surface area contributed by atoms with E-state index in [2.05, 4.69) is 149 Å². The Kier molecular flexibility index (Phi) is 6.50. The van der Waals surface area contributed by atoms with Crippen LogP contribution in [-0.4, -0.2) is 0 Å². The number of hydrogen-bond acceptors (Lipinski definition) is 0. The van der Waals surface area contributed by atoms with E-state index < -0.39 is 23.2 Å². The summed E-state index contributed by atoms with van der Waals surface area (Å²) in [6, 6.07) is 36.3. The third-order valence-electron chi connectivity index (χ3n) is 9.59. The molecule has 0 N–H and O–H groups in total. The van der Waals surface area contributed by atoms with Crippen LogP contribution in [0.5, 0.6) is 0 Å². The number of allylic oxidation sites excluding steroid dienone is 12. The van der Waals surface area contributed by atoms with Crippen LogP contribution in [0.25, 0.3) is 22.3 Å². The van der Waals surface area contributed by atoms with Gasteiger partial charge < -0.3 is 0 Å². The van der Waals surface area contributed by atoms with Gasteiger partial charge in [-0.1, -0.05) is 0 Å². The molecule has 0 spiro atoms. The van der Waals surface area contributed by atoms with Crippen LogP contribution in [0.4, 0.5) is 0 Å². The van der Waals surface area contributed by atoms with Crippen molar-refractivity contribution in [3.8, 4) is 22.3 Å². The van der Waals surface area contributed by atoms with Gasteiger partial charge in [-0.05, 0) is 0 Å². The topological polar surface area (TPSA) is 0 Å². The maximum absolute atomic E-state index is 2.47. The summed E-state index contributed by atoms with van der Waals surface area (Å²) in [5.41, 5.74) is 20.2. The molecule has 0 unspecified atom stereocenters. The van der Waals surface area contributed by atoms with E-state index in [-0.39, 0.29) is 11.8 Å². The summed E-state index contributed by atoms with van der Waals surface area (Å²) in [5.74, 6) is 0.579. The van der Waals surface area contributed by atoms with Gasteiger partial charge in [0.15, 0.2) is 0 Å².